The molecule has 110 valence electrons. The standard InChI is InChI=1S/C8H21NO7P2/c1-3-5-7-13-18(12,14-8-6-4-2)16-17(10,11)15-9/h3-9H2,1-2H3,(H,10,11)/p-1. The molecule has 10 heteroatoms. The van der Waals surface area contributed by atoms with E-state index in [1.165, 1.54) is 0 Å². The van der Waals surface area contributed by atoms with Crippen LogP contribution in [0.5, 0.6) is 0 Å². The minimum Gasteiger partial charge on any atom is -0.755 e. The van der Waals surface area contributed by atoms with Crippen LogP contribution in [-0.2, 0) is 27.1 Å². The van der Waals surface area contributed by atoms with Crippen molar-refractivity contribution in [1.29, 1.82) is 0 Å². The zero-order valence-corrected chi connectivity index (χ0v) is 12.4. The lowest BCUT2D eigenvalue weighted by atomic mass is 10.4. The highest BCUT2D eigenvalue weighted by Crippen LogP contribution is 2.61. The highest BCUT2D eigenvalue weighted by molar-refractivity contribution is 7.61. The first kappa shape index (κ1) is 18.2. The summed E-state index contributed by atoms with van der Waals surface area (Å²) in [5, 5.41) is 0. The normalized spacial score (nSPS) is 15.6. The summed E-state index contributed by atoms with van der Waals surface area (Å²) in [7, 11) is -9.08. The van der Waals surface area contributed by atoms with Crippen molar-refractivity contribution in [2.24, 2.45) is 5.90 Å². The molecule has 0 rings (SSSR count). The molecule has 0 saturated heterocycles. The Bertz CT molecular complexity index is 298. The smallest absolute Gasteiger partial charge is 0.481 e. The van der Waals surface area contributed by atoms with Crippen molar-refractivity contribution < 1.29 is 32.0 Å². The van der Waals surface area contributed by atoms with Crippen molar-refractivity contribution in [2.45, 2.75) is 39.5 Å². The minimum atomic E-state index is -4.88. The number of nitrogens with two attached hydrogens (primary N) is 1. The largest absolute Gasteiger partial charge is 0.755 e. The van der Waals surface area contributed by atoms with Crippen LogP contribution in [0, 0.1) is 0 Å². The summed E-state index contributed by atoms with van der Waals surface area (Å²) in [5.74, 6) is 4.49. The van der Waals surface area contributed by atoms with Crippen LogP contribution in [0.3, 0.4) is 0 Å². The van der Waals surface area contributed by atoms with E-state index in [2.05, 4.69) is 14.8 Å². The minimum absolute atomic E-state index is 0.0600. The van der Waals surface area contributed by atoms with Crippen molar-refractivity contribution in [1.82, 2.24) is 0 Å². The molecular weight excluding hydrogens is 284 g/mol. The van der Waals surface area contributed by atoms with Crippen molar-refractivity contribution in [3.63, 3.8) is 0 Å². The third-order valence-corrected chi connectivity index (χ3v) is 4.68. The Kier molecular flexibility index (Phi) is 9.29. The van der Waals surface area contributed by atoms with E-state index >= 15 is 0 Å². The van der Waals surface area contributed by atoms with E-state index in [0.717, 1.165) is 12.8 Å². The van der Waals surface area contributed by atoms with Gasteiger partial charge in [-0.1, -0.05) is 26.7 Å². The van der Waals surface area contributed by atoms with Crippen LogP contribution in [0.15, 0.2) is 0 Å². The Labute approximate surface area is 107 Å². The van der Waals surface area contributed by atoms with Gasteiger partial charge in [-0.3, -0.25) is 13.6 Å². The number of rotatable bonds is 11. The van der Waals surface area contributed by atoms with Gasteiger partial charge in [0, 0.05) is 0 Å². The first-order valence-electron chi connectivity index (χ1n) is 5.69. The van der Waals surface area contributed by atoms with Gasteiger partial charge in [0.25, 0.3) is 7.82 Å². The molecule has 0 radical (unpaired) electrons. The second-order valence-electron chi connectivity index (χ2n) is 3.46. The van der Waals surface area contributed by atoms with E-state index in [0.29, 0.717) is 12.8 Å². The third kappa shape index (κ3) is 8.34. The number of hydrogen-bond acceptors (Lipinski definition) is 8. The number of unbranched alkanes of at least 4 members (excludes halogenated alkanes) is 2. The SMILES string of the molecule is CCCCOP(=O)(OCCCC)OP(=O)([O-])ON. The van der Waals surface area contributed by atoms with Crippen LogP contribution in [0.2, 0.25) is 0 Å². The molecule has 0 amide bonds. The quantitative estimate of drug-likeness (QED) is 0.350. The van der Waals surface area contributed by atoms with Crippen LogP contribution in [-0.4, -0.2) is 13.2 Å². The van der Waals surface area contributed by atoms with Gasteiger partial charge in [0.2, 0.25) is 0 Å². The maximum atomic E-state index is 12.0. The summed E-state index contributed by atoms with van der Waals surface area (Å²) in [6.07, 6.45) is 2.77. The zero-order valence-electron chi connectivity index (χ0n) is 10.6. The fourth-order valence-electron chi connectivity index (χ4n) is 0.868. The zero-order chi connectivity index (χ0) is 14.1. The van der Waals surface area contributed by atoms with Crippen LogP contribution < -0.4 is 10.8 Å². The molecule has 0 bridgehead atoms. The van der Waals surface area contributed by atoms with Crippen molar-refractivity contribution in [3.8, 4) is 0 Å². The molecule has 0 aliphatic carbocycles. The fourth-order valence-corrected chi connectivity index (χ4v) is 3.16. The second-order valence-corrected chi connectivity index (χ2v) is 6.62. The van der Waals surface area contributed by atoms with Gasteiger partial charge in [0.1, 0.15) is 0 Å². The van der Waals surface area contributed by atoms with Gasteiger partial charge < -0.3 is 4.89 Å². The van der Waals surface area contributed by atoms with Crippen LogP contribution in [0.1, 0.15) is 39.5 Å². The molecule has 0 heterocycles. The topological polar surface area (TPSA) is 120 Å². The molecule has 1 atom stereocenters. The Morgan fingerprint density at radius 1 is 1.06 bits per heavy atom. The van der Waals surface area contributed by atoms with E-state index in [9.17, 15) is 14.0 Å². The summed E-state index contributed by atoms with van der Waals surface area (Å²) in [5.41, 5.74) is 0. The summed E-state index contributed by atoms with van der Waals surface area (Å²) in [6.45, 7) is 3.91. The maximum absolute atomic E-state index is 12.0. The summed E-state index contributed by atoms with van der Waals surface area (Å²) < 4.78 is 40.5. The monoisotopic (exact) mass is 304 g/mol. The number of phosphoric acid groups is 2. The Hall–Kier alpha value is 0.220. The van der Waals surface area contributed by atoms with Gasteiger partial charge in [-0.25, -0.2) is 19.4 Å². The van der Waals surface area contributed by atoms with Crippen molar-refractivity contribution in [2.75, 3.05) is 13.2 Å². The predicted octanol–water partition coefficient (Wildman–Crippen LogP) is 2.10. The molecule has 8 nitrogen and oxygen atoms in total. The molecule has 0 aromatic carbocycles. The van der Waals surface area contributed by atoms with Crippen molar-refractivity contribution in [3.05, 3.63) is 0 Å². The Morgan fingerprint density at radius 3 is 1.83 bits per heavy atom. The van der Waals surface area contributed by atoms with E-state index < -0.39 is 15.6 Å². The predicted molar refractivity (Wildman–Crippen MR) is 63.3 cm³/mol. The molecule has 1 unspecified atom stereocenters. The number of phosphoric ester groups is 1. The van der Waals surface area contributed by atoms with Crippen LogP contribution >= 0.6 is 15.6 Å². The van der Waals surface area contributed by atoms with Gasteiger partial charge in [-0.2, -0.15) is 0 Å². The van der Waals surface area contributed by atoms with E-state index in [1.54, 1.807) is 0 Å². The van der Waals surface area contributed by atoms with Gasteiger partial charge in [0.05, 0.1) is 13.2 Å². The van der Waals surface area contributed by atoms with E-state index in [-0.39, 0.29) is 13.2 Å². The number of hydrogen-bond donors (Lipinski definition) is 1. The first-order chi connectivity index (χ1) is 8.39. The molecule has 0 aliphatic heterocycles. The van der Waals surface area contributed by atoms with Gasteiger partial charge in [0.15, 0.2) is 0 Å². The third-order valence-electron chi connectivity index (χ3n) is 1.82. The second kappa shape index (κ2) is 9.18. The molecule has 0 spiro atoms. The molecule has 0 fully saturated rings. The van der Waals surface area contributed by atoms with Gasteiger partial charge >= 0.3 is 7.82 Å². The molecule has 18 heavy (non-hydrogen) atoms. The molecule has 0 aromatic rings. The summed E-state index contributed by atoms with van der Waals surface area (Å²) in [4.78, 5) is 11.0. The highest BCUT2D eigenvalue weighted by Gasteiger charge is 2.32. The lowest BCUT2D eigenvalue weighted by molar-refractivity contribution is -0.219. The molecule has 0 aliphatic rings. The molecule has 2 N–H and O–H groups in total. The van der Waals surface area contributed by atoms with Crippen LogP contribution in [0.25, 0.3) is 0 Å². The highest BCUT2D eigenvalue weighted by atomic mass is 31.3. The Morgan fingerprint density at radius 2 is 1.50 bits per heavy atom. The Balaban J connectivity index is 4.48. The van der Waals surface area contributed by atoms with E-state index in [1.807, 2.05) is 13.8 Å². The fraction of sp³-hybridized carbons (Fsp3) is 1.00. The summed E-state index contributed by atoms with van der Waals surface area (Å²) in [6, 6.07) is 0. The first-order valence-corrected chi connectivity index (χ1v) is 8.61. The molecule has 0 aromatic heterocycles. The lowest BCUT2D eigenvalue weighted by Gasteiger charge is -2.24. The van der Waals surface area contributed by atoms with Crippen LogP contribution in [0.4, 0.5) is 0 Å². The van der Waals surface area contributed by atoms with E-state index in [4.69, 9.17) is 9.05 Å². The average molecular weight is 304 g/mol. The van der Waals surface area contributed by atoms with Gasteiger partial charge in [-0.15, -0.1) is 0 Å². The molecular formula is C8H20NO7P2-. The average Bonchev–Trinajstić information content (AvgIpc) is 2.29. The maximum Gasteiger partial charge on any atom is 0.481 e. The molecule has 0 saturated carbocycles. The summed E-state index contributed by atoms with van der Waals surface area (Å²) >= 11 is 0. The van der Waals surface area contributed by atoms with Gasteiger partial charge in [-0.05, 0) is 12.8 Å². The van der Waals surface area contributed by atoms with Crippen molar-refractivity contribution >= 4 is 15.6 Å². The lowest BCUT2D eigenvalue weighted by Crippen LogP contribution is -2.13.